The van der Waals surface area contributed by atoms with E-state index >= 15 is 0 Å². The highest BCUT2D eigenvalue weighted by atomic mass is 35.5. The van der Waals surface area contributed by atoms with E-state index in [9.17, 15) is 8.78 Å². The van der Waals surface area contributed by atoms with Gasteiger partial charge in [-0.05, 0) is 29.3 Å². The van der Waals surface area contributed by atoms with Gasteiger partial charge in [-0.3, -0.25) is 0 Å². The summed E-state index contributed by atoms with van der Waals surface area (Å²) in [6.45, 7) is 0.387. The quantitative estimate of drug-likeness (QED) is 0.867. The van der Waals surface area contributed by atoms with Crippen LogP contribution in [0.5, 0.6) is 0 Å². The van der Waals surface area contributed by atoms with E-state index in [1.54, 1.807) is 12.1 Å². The van der Waals surface area contributed by atoms with Gasteiger partial charge in [-0.1, -0.05) is 29.8 Å². The number of nitrogens with two attached hydrogens (primary N) is 1. The molecule has 88 valence electrons. The van der Waals surface area contributed by atoms with Crippen LogP contribution in [0.1, 0.15) is 5.56 Å². The molecular weight excluding hydrogens is 244 g/mol. The van der Waals surface area contributed by atoms with E-state index in [2.05, 4.69) is 0 Å². The maximum Gasteiger partial charge on any atom is 0.159 e. The molecule has 0 amide bonds. The molecule has 2 aromatic carbocycles. The Bertz CT molecular complexity index is 555. The molecule has 0 aliphatic carbocycles. The lowest BCUT2D eigenvalue weighted by molar-refractivity contribution is 0.509. The smallest absolute Gasteiger partial charge is 0.159 e. The van der Waals surface area contributed by atoms with E-state index in [-0.39, 0.29) is 0 Å². The molecule has 2 rings (SSSR count). The fourth-order valence-electron chi connectivity index (χ4n) is 1.58. The Hall–Kier alpha value is -1.45. The Morgan fingerprint density at radius 2 is 1.76 bits per heavy atom. The number of halogens is 3. The first-order chi connectivity index (χ1) is 8.11. The second-order valence-corrected chi connectivity index (χ2v) is 4.05. The minimum atomic E-state index is -0.888. The topological polar surface area (TPSA) is 26.0 Å². The summed E-state index contributed by atoms with van der Waals surface area (Å²) in [6.07, 6.45) is 0. The van der Waals surface area contributed by atoms with Gasteiger partial charge in [0.15, 0.2) is 11.6 Å². The Balaban J connectivity index is 2.49. The lowest BCUT2D eigenvalue weighted by atomic mass is 10.0. The van der Waals surface area contributed by atoms with Gasteiger partial charge in [-0.2, -0.15) is 0 Å². The minimum Gasteiger partial charge on any atom is -0.326 e. The van der Waals surface area contributed by atoms with E-state index in [0.29, 0.717) is 22.7 Å². The van der Waals surface area contributed by atoms with E-state index in [4.69, 9.17) is 17.3 Å². The summed E-state index contributed by atoms with van der Waals surface area (Å²) < 4.78 is 25.9. The molecule has 0 atom stereocenters. The molecule has 0 aliphatic rings. The molecule has 0 radical (unpaired) electrons. The Labute approximate surface area is 103 Å². The zero-order valence-corrected chi connectivity index (χ0v) is 9.64. The molecule has 0 unspecified atom stereocenters. The molecule has 1 nitrogen and oxygen atoms in total. The van der Waals surface area contributed by atoms with Gasteiger partial charge in [0.25, 0.3) is 0 Å². The highest BCUT2D eigenvalue weighted by molar-refractivity contribution is 6.33. The lowest BCUT2D eigenvalue weighted by Gasteiger charge is -2.07. The first kappa shape index (κ1) is 12.0. The Kier molecular flexibility index (Phi) is 3.41. The van der Waals surface area contributed by atoms with E-state index < -0.39 is 11.6 Å². The van der Waals surface area contributed by atoms with E-state index in [0.717, 1.165) is 17.7 Å². The Morgan fingerprint density at radius 3 is 2.35 bits per heavy atom. The molecule has 2 aromatic rings. The van der Waals surface area contributed by atoms with Gasteiger partial charge < -0.3 is 5.73 Å². The van der Waals surface area contributed by atoms with Crippen LogP contribution in [-0.2, 0) is 6.54 Å². The van der Waals surface area contributed by atoms with Crippen molar-refractivity contribution >= 4 is 11.6 Å². The Morgan fingerprint density at radius 1 is 1.00 bits per heavy atom. The summed E-state index contributed by atoms with van der Waals surface area (Å²) in [4.78, 5) is 0. The van der Waals surface area contributed by atoms with E-state index in [1.807, 2.05) is 6.07 Å². The third-order valence-corrected chi connectivity index (χ3v) is 2.81. The van der Waals surface area contributed by atoms with Crippen LogP contribution in [-0.4, -0.2) is 0 Å². The van der Waals surface area contributed by atoms with Gasteiger partial charge in [0, 0.05) is 17.1 Å². The second-order valence-electron chi connectivity index (χ2n) is 3.65. The fraction of sp³-hybridized carbons (Fsp3) is 0.0769. The van der Waals surface area contributed by atoms with Crippen molar-refractivity contribution in [2.75, 3.05) is 0 Å². The van der Waals surface area contributed by atoms with Crippen molar-refractivity contribution in [1.82, 2.24) is 0 Å². The van der Waals surface area contributed by atoms with Crippen LogP contribution >= 0.6 is 11.6 Å². The predicted molar refractivity (Wildman–Crippen MR) is 64.7 cm³/mol. The van der Waals surface area contributed by atoms with Crippen LogP contribution < -0.4 is 5.73 Å². The normalized spacial score (nSPS) is 10.6. The molecule has 0 saturated carbocycles. The van der Waals surface area contributed by atoms with Gasteiger partial charge in [-0.15, -0.1) is 0 Å². The van der Waals surface area contributed by atoms with Crippen molar-refractivity contribution in [3.05, 3.63) is 58.6 Å². The molecule has 17 heavy (non-hydrogen) atoms. The van der Waals surface area contributed by atoms with Crippen LogP contribution in [0, 0.1) is 11.6 Å². The molecule has 0 aliphatic heterocycles. The molecule has 0 aromatic heterocycles. The zero-order valence-electron chi connectivity index (χ0n) is 8.88. The zero-order chi connectivity index (χ0) is 12.4. The summed E-state index contributed by atoms with van der Waals surface area (Å²) in [6, 6.07) is 8.97. The van der Waals surface area contributed by atoms with Gasteiger partial charge >= 0.3 is 0 Å². The number of rotatable bonds is 2. The lowest BCUT2D eigenvalue weighted by Crippen LogP contribution is -1.96. The van der Waals surface area contributed by atoms with Crippen molar-refractivity contribution in [3.8, 4) is 11.1 Å². The van der Waals surface area contributed by atoms with Crippen LogP contribution in [0.15, 0.2) is 36.4 Å². The summed E-state index contributed by atoms with van der Waals surface area (Å²) in [5, 5.41) is 0.471. The number of hydrogen-bond donors (Lipinski definition) is 1. The summed E-state index contributed by atoms with van der Waals surface area (Å²) >= 11 is 6.06. The molecule has 2 N–H and O–H groups in total. The first-order valence-corrected chi connectivity index (χ1v) is 5.43. The summed E-state index contributed by atoms with van der Waals surface area (Å²) in [7, 11) is 0. The molecule has 4 heteroatoms. The molecule has 0 heterocycles. The first-order valence-electron chi connectivity index (χ1n) is 5.05. The van der Waals surface area contributed by atoms with E-state index in [1.165, 1.54) is 6.07 Å². The van der Waals surface area contributed by atoms with Gasteiger partial charge in [-0.25, -0.2) is 8.78 Å². The van der Waals surface area contributed by atoms with Gasteiger partial charge in [0.05, 0.1) is 0 Å². The largest absolute Gasteiger partial charge is 0.326 e. The highest BCUT2D eigenvalue weighted by Crippen LogP contribution is 2.29. The van der Waals surface area contributed by atoms with Crippen molar-refractivity contribution in [2.24, 2.45) is 5.73 Å². The van der Waals surface area contributed by atoms with Crippen molar-refractivity contribution < 1.29 is 8.78 Å². The van der Waals surface area contributed by atoms with Crippen LogP contribution in [0.2, 0.25) is 5.02 Å². The average molecular weight is 254 g/mol. The molecule has 0 spiro atoms. The number of hydrogen-bond acceptors (Lipinski definition) is 1. The summed E-state index contributed by atoms with van der Waals surface area (Å²) in [5.41, 5.74) is 7.57. The van der Waals surface area contributed by atoms with Crippen molar-refractivity contribution in [2.45, 2.75) is 6.54 Å². The minimum absolute atomic E-state index is 0.387. The predicted octanol–water partition coefficient (Wildman–Crippen LogP) is 3.74. The maximum absolute atomic E-state index is 13.1. The van der Waals surface area contributed by atoms with Crippen LogP contribution in [0.4, 0.5) is 8.78 Å². The second kappa shape index (κ2) is 4.82. The monoisotopic (exact) mass is 253 g/mol. The molecule has 0 bridgehead atoms. The SMILES string of the molecule is NCc1ccc(-c2ccc(F)c(F)c2)c(Cl)c1. The molecule has 0 fully saturated rings. The van der Waals surface area contributed by atoms with Gasteiger partial charge in [0.2, 0.25) is 0 Å². The maximum atomic E-state index is 13.1. The third kappa shape index (κ3) is 2.46. The van der Waals surface area contributed by atoms with Crippen molar-refractivity contribution in [3.63, 3.8) is 0 Å². The fourth-order valence-corrected chi connectivity index (χ4v) is 1.90. The van der Waals surface area contributed by atoms with Crippen LogP contribution in [0.3, 0.4) is 0 Å². The van der Waals surface area contributed by atoms with Crippen LogP contribution in [0.25, 0.3) is 11.1 Å². The average Bonchev–Trinajstić information content (AvgIpc) is 2.32. The highest BCUT2D eigenvalue weighted by Gasteiger charge is 2.08. The standard InChI is InChI=1S/C13H10ClF2N/c14-11-5-8(7-17)1-3-10(11)9-2-4-12(15)13(16)6-9/h1-6H,7,17H2. The summed E-state index contributed by atoms with van der Waals surface area (Å²) in [5.74, 6) is -1.76. The molecular formula is C13H10ClF2N. The van der Waals surface area contributed by atoms with Gasteiger partial charge in [0.1, 0.15) is 0 Å². The molecule has 0 saturated heterocycles. The van der Waals surface area contributed by atoms with Crippen molar-refractivity contribution in [1.29, 1.82) is 0 Å². The number of benzene rings is 2. The third-order valence-electron chi connectivity index (χ3n) is 2.50.